The minimum Gasteiger partial charge on any atom is -0.466 e. The summed E-state index contributed by atoms with van der Waals surface area (Å²) in [5, 5.41) is 3.14. The molecule has 0 aromatic carbocycles. The topological polar surface area (TPSA) is 71.8 Å². The van der Waals surface area contributed by atoms with E-state index < -0.39 is 0 Å². The van der Waals surface area contributed by atoms with Crippen molar-refractivity contribution in [1.82, 2.24) is 10.2 Å². The van der Waals surface area contributed by atoms with Crippen LogP contribution in [0.4, 0.5) is 0 Å². The van der Waals surface area contributed by atoms with E-state index in [0.717, 1.165) is 38.1 Å². The molecule has 1 aromatic heterocycles. The molecule has 3 rings (SSSR count). The number of carbonyl (C=O) groups excluding carboxylic acids is 2. The highest BCUT2D eigenvalue weighted by molar-refractivity contribution is 5.95. The molecule has 0 unspecified atom stereocenters. The molecule has 2 aliphatic rings. The molecule has 2 fully saturated rings. The zero-order chi connectivity index (χ0) is 19.2. The van der Waals surface area contributed by atoms with E-state index in [-0.39, 0.29) is 17.9 Å². The predicted octanol–water partition coefficient (Wildman–Crippen LogP) is 3.36. The van der Waals surface area contributed by atoms with E-state index in [2.05, 4.69) is 5.32 Å². The van der Waals surface area contributed by atoms with Gasteiger partial charge in [-0.15, -0.1) is 0 Å². The maximum Gasteiger partial charge on any atom is 0.257 e. The Bertz CT molecular complexity index is 643. The van der Waals surface area contributed by atoms with Crippen molar-refractivity contribution in [3.05, 3.63) is 23.2 Å². The zero-order valence-corrected chi connectivity index (χ0v) is 16.6. The van der Waals surface area contributed by atoms with Crippen LogP contribution in [0, 0.1) is 13.8 Å². The fourth-order valence-corrected chi connectivity index (χ4v) is 4.11. The van der Waals surface area contributed by atoms with Gasteiger partial charge in [0, 0.05) is 32.2 Å². The number of ether oxygens (including phenoxy) is 1. The quantitative estimate of drug-likeness (QED) is 0.792. The first kappa shape index (κ1) is 19.9. The number of hydrogen-bond donors (Lipinski definition) is 1. The first-order valence-corrected chi connectivity index (χ1v) is 10.3. The normalized spacial score (nSPS) is 20.6. The Morgan fingerprint density at radius 1 is 1.15 bits per heavy atom. The lowest BCUT2D eigenvalue weighted by Crippen LogP contribution is -2.42. The van der Waals surface area contributed by atoms with Gasteiger partial charge in [-0.25, -0.2) is 0 Å². The fraction of sp³-hybridized carbons (Fsp3) is 0.714. The summed E-state index contributed by atoms with van der Waals surface area (Å²) >= 11 is 0. The number of aryl methyl sites for hydroxylation is 2. The van der Waals surface area contributed by atoms with Gasteiger partial charge in [0.15, 0.2) is 0 Å². The Morgan fingerprint density at radius 3 is 2.56 bits per heavy atom. The molecule has 1 aliphatic carbocycles. The predicted molar refractivity (Wildman–Crippen MR) is 103 cm³/mol. The second kappa shape index (κ2) is 9.40. The van der Waals surface area contributed by atoms with Gasteiger partial charge in [0.05, 0.1) is 11.7 Å². The third-order valence-corrected chi connectivity index (χ3v) is 5.59. The fourth-order valence-electron chi connectivity index (χ4n) is 4.11. The summed E-state index contributed by atoms with van der Waals surface area (Å²) in [4.78, 5) is 27.2. The highest BCUT2D eigenvalue weighted by Crippen LogP contribution is 2.20. The molecule has 150 valence electrons. The summed E-state index contributed by atoms with van der Waals surface area (Å²) < 4.78 is 11.2. The molecule has 1 aromatic rings. The van der Waals surface area contributed by atoms with Crippen molar-refractivity contribution >= 4 is 11.8 Å². The van der Waals surface area contributed by atoms with Crippen LogP contribution in [-0.2, 0) is 9.53 Å². The van der Waals surface area contributed by atoms with Gasteiger partial charge in [0.25, 0.3) is 5.91 Å². The molecular weight excluding hydrogens is 344 g/mol. The third kappa shape index (κ3) is 5.58. The van der Waals surface area contributed by atoms with Crippen LogP contribution in [0.3, 0.4) is 0 Å². The van der Waals surface area contributed by atoms with E-state index in [0.29, 0.717) is 36.9 Å². The average molecular weight is 376 g/mol. The molecule has 1 saturated carbocycles. The zero-order valence-electron chi connectivity index (χ0n) is 16.6. The van der Waals surface area contributed by atoms with E-state index in [9.17, 15) is 9.59 Å². The highest BCUT2D eigenvalue weighted by atomic mass is 16.5. The van der Waals surface area contributed by atoms with Gasteiger partial charge >= 0.3 is 0 Å². The van der Waals surface area contributed by atoms with Crippen molar-refractivity contribution < 1.29 is 18.7 Å². The van der Waals surface area contributed by atoms with E-state index in [1.807, 2.05) is 6.92 Å². The molecule has 0 bridgehead atoms. The van der Waals surface area contributed by atoms with Crippen LogP contribution in [0.15, 0.2) is 10.5 Å². The first-order valence-electron chi connectivity index (χ1n) is 10.3. The number of furan rings is 1. The Balaban J connectivity index is 1.59. The van der Waals surface area contributed by atoms with Crippen molar-refractivity contribution in [2.45, 2.75) is 77.4 Å². The Hall–Kier alpha value is -1.82. The molecule has 1 saturated heterocycles. The van der Waals surface area contributed by atoms with Crippen LogP contribution < -0.4 is 5.32 Å². The van der Waals surface area contributed by atoms with Gasteiger partial charge in [-0.3, -0.25) is 9.59 Å². The highest BCUT2D eigenvalue weighted by Gasteiger charge is 2.26. The van der Waals surface area contributed by atoms with Crippen molar-refractivity contribution in [2.24, 2.45) is 0 Å². The third-order valence-electron chi connectivity index (χ3n) is 5.59. The molecule has 2 heterocycles. The lowest BCUT2D eigenvalue weighted by atomic mass is 9.95. The van der Waals surface area contributed by atoms with Gasteiger partial charge in [-0.2, -0.15) is 0 Å². The number of carbonyl (C=O) groups is 2. The van der Waals surface area contributed by atoms with Crippen molar-refractivity contribution in [2.75, 3.05) is 19.7 Å². The summed E-state index contributed by atoms with van der Waals surface area (Å²) in [5.74, 6) is 1.31. The van der Waals surface area contributed by atoms with Gasteiger partial charge in [-0.05, 0) is 45.6 Å². The van der Waals surface area contributed by atoms with Crippen LogP contribution in [-0.4, -0.2) is 48.6 Å². The van der Waals surface area contributed by atoms with E-state index in [1.54, 1.807) is 17.9 Å². The van der Waals surface area contributed by atoms with E-state index >= 15 is 0 Å². The average Bonchev–Trinajstić information content (AvgIpc) is 3.28. The van der Waals surface area contributed by atoms with Crippen LogP contribution in [0.1, 0.15) is 73.2 Å². The molecule has 0 spiro atoms. The summed E-state index contributed by atoms with van der Waals surface area (Å²) in [6.45, 7) is 5.32. The number of nitrogens with zero attached hydrogens (tertiary/aromatic N) is 1. The summed E-state index contributed by atoms with van der Waals surface area (Å²) in [6.07, 6.45) is 8.14. The summed E-state index contributed by atoms with van der Waals surface area (Å²) in [6, 6.07) is 2.08. The van der Waals surface area contributed by atoms with Crippen molar-refractivity contribution in [3.63, 3.8) is 0 Å². The number of rotatable bonds is 7. The van der Waals surface area contributed by atoms with E-state index in [4.69, 9.17) is 9.15 Å². The Morgan fingerprint density at radius 2 is 1.93 bits per heavy atom. The van der Waals surface area contributed by atoms with Crippen molar-refractivity contribution in [3.8, 4) is 0 Å². The second-order valence-corrected chi connectivity index (χ2v) is 7.87. The maximum absolute atomic E-state index is 13.0. The Kier molecular flexibility index (Phi) is 6.94. The molecule has 0 radical (unpaired) electrons. The molecule has 6 nitrogen and oxygen atoms in total. The van der Waals surface area contributed by atoms with Gasteiger partial charge < -0.3 is 19.4 Å². The molecule has 1 aliphatic heterocycles. The molecule has 1 atom stereocenters. The smallest absolute Gasteiger partial charge is 0.257 e. The molecular formula is C21H32N2O4. The molecule has 1 N–H and O–H groups in total. The van der Waals surface area contributed by atoms with Crippen LogP contribution in [0.5, 0.6) is 0 Å². The lowest BCUT2D eigenvalue weighted by molar-refractivity contribution is -0.122. The van der Waals surface area contributed by atoms with Crippen LogP contribution in [0.25, 0.3) is 0 Å². The molecule has 2 amide bonds. The number of hydrogen-bond acceptors (Lipinski definition) is 4. The van der Waals surface area contributed by atoms with E-state index in [1.165, 1.54) is 19.3 Å². The first-order chi connectivity index (χ1) is 13.0. The number of nitrogens with one attached hydrogen (secondary N) is 1. The Labute approximate surface area is 161 Å². The lowest BCUT2D eigenvalue weighted by Gasteiger charge is -2.26. The van der Waals surface area contributed by atoms with Crippen LogP contribution >= 0.6 is 0 Å². The van der Waals surface area contributed by atoms with Gasteiger partial charge in [0.1, 0.15) is 11.5 Å². The maximum atomic E-state index is 13.0. The minimum absolute atomic E-state index is 0.0344. The number of amides is 2. The second-order valence-electron chi connectivity index (χ2n) is 7.87. The molecule has 6 heteroatoms. The standard InChI is InChI=1S/C21H32N2O4/c1-15-13-19(16(2)27-15)21(25)23(14-18-9-6-12-26-18)11-10-20(24)22-17-7-4-3-5-8-17/h13,17-18H,3-12,14H2,1-2H3,(H,22,24)/t18-/m0/s1. The minimum atomic E-state index is -0.0784. The summed E-state index contributed by atoms with van der Waals surface area (Å²) in [5.41, 5.74) is 0.582. The van der Waals surface area contributed by atoms with Crippen molar-refractivity contribution in [1.29, 1.82) is 0 Å². The molecule has 27 heavy (non-hydrogen) atoms. The monoisotopic (exact) mass is 376 g/mol. The SMILES string of the molecule is Cc1cc(C(=O)N(CCC(=O)NC2CCCCC2)C[C@@H]2CCCO2)c(C)o1. The largest absolute Gasteiger partial charge is 0.466 e. The van der Waals surface area contributed by atoms with Gasteiger partial charge in [0.2, 0.25) is 5.91 Å². The van der Waals surface area contributed by atoms with Crippen LogP contribution in [0.2, 0.25) is 0 Å². The van der Waals surface area contributed by atoms with Gasteiger partial charge in [-0.1, -0.05) is 19.3 Å². The summed E-state index contributed by atoms with van der Waals surface area (Å²) in [7, 11) is 0.